The van der Waals surface area contributed by atoms with Crippen molar-refractivity contribution in [2.75, 3.05) is 49.1 Å². The smallest absolute Gasteiger partial charge is 0.227 e. The predicted molar refractivity (Wildman–Crippen MR) is 107 cm³/mol. The van der Waals surface area contributed by atoms with Gasteiger partial charge in [0.25, 0.3) is 0 Å². The monoisotopic (exact) mass is 381 g/mol. The van der Waals surface area contributed by atoms with Gasteiger partial charge in [-0.2, -0.15) is 10.2 Å². The summed E-state index contributed by atoms with van der Waals surface area (Å²) in [6.45, 7) is 8.57. The van der Waals surface area contributed by atoms with Gasteiger partial charge in [-0.25, -0.2) is 0 Å². The number of piperazine rings is 1. The first-order chi connectivity index (χ1) is 13.6. The van der Waals surface area contributed by atoms with Gasteiger partial charge in [0, 0.05) is 39.3 Å². The molecule has 4 heterocycles. The summed E-state index contributed by atoms with van der Waals surface area (Å²) < 4.78 is 0. The molecule has 2 aliphatic heterocycles. The topological polar surface area (TPSA) is 78.4 Å². The maximum Gasteiger partial charge on any atom is 0.227 e. The van der Waals surface area contributed by atoms with Gasteiger partial charge in [-0.3, -0.25) is 4.79 Å². The molecule has 1 unspecified atom stereocenters. The van der Waals surface area contributed by atoms with Crippen LogP contribution in [0, 0.1) is 19.8 Å². The molecule has 2 aromatic heterocycles. The van der Waals surface area contributed by atoms with E-state index < -0.39 is 0 Å². The van der Waals surface area contributed by atoms with Crippen molar-refractivity contribution in [3.63, 3.8) is 0 Å². The lowest BCUT2D eigenvalue weighted by Crippen LogP contribution is -2.53. The highest BCUT2D eigenvalue weighted by atomic mass is 16.2. The van der Waals surface area contributed by atoms with Crippen molar-refractivity contribution in [3.05, 3.63) is 35.7 Å². The minimum atomic E-state index is 0.0302. The Labute approximate surface area is 165 Å². The molecule has 2 fully saturated rings. The van der Waals surface area contributed by atoms with Crippen molar-refractivity contribution in [1.82, 2.24) is 25.3 Å². The van der Waals surface area contributed by atoms with Gasteiger partial charge < -0.3 is 14.7 Å². The molecule has 2 saturated heterocycles. The van der Waals surface area contributed by atoms with Crippen molar-refractivity contribution >= 4 is 17.5 Å². The zero-order chi connectivity index (χ0) is 19.5. The van der Waals surface area contributed by atoms with E-state index in [9.17, 15) is 4.79 Å². The molecule has 8 heteroatoms. The second-order valence-electron chi connectivity index (χ2n) is 7.66. The van der Waals surface area contributed by atoms with Crippen molar-refractivity contribution in [2.45, 2.75) is 26.7 Å². The summed E-state index contributed by atoms with van der Waals surface area (Å²) in [5.41, 5.74) is 1.82. The lowest BCUT2D eigenvalue weighted by molar-refractivity contribution is -0.136. The Hall–Kier alpha value is -2.77. The fraction of sp³-hybridized carbons (Fsp3) is 0.550. The molecular weight excluding hydrogens is 354 g/mol. The standard InChI is InChI=1S/C20H27N7O/c1-15-5-7-18(23-21-15)25-10-12-26(13-11-25)20(28)17-4-3-9-27(14-17)19-8-6-16(2)22-24-19/h5-8,17H,3-4,9-14H2,1-2H3. The van der Waals surface area contributed by atoms with Crippen LogP contribution >= 0.6 is 0 Å². The summed E-state index contributed by atoms with van der Waals surface area (Å²) in [6.07, 6.45) is 1.95. The van der Waals surface area contributed by atoms with E-state index in [0.29, 0.717) is 0 Å². The third-order valence-corrected chi connectivity index (χ3v) is 5.58. The highest BCUT2D eigenvalue weighted by Crippen LogP contribution is 2.24. The first-order valence-corrected chi connectivity index (χ1v) is 9.99. The molecule has 148 valence electrons. The number of amides is 1. The average molecular weight is 381 g/mol. The van der Waals surface area contributed by atoms with Gasteiger partial charge in [0.1, 0.15) is 0 Å². The van der Waals surface area contributed by atoms with Crippen molar-refractivity contribution in [3.8, 4) is 0 Å². The van der Waals surface area contributed by atoms with Crippen LogP contribution in [0.4, 0.5) is 11.6 Å². The van der Waals surface area contributed by atoms with Crippen molar-refractivity contribution < 1.29 is 4.79 Å². The number of aryl methyl sites for hydroxylation is 2. The Kier molecular flexibility index (Phi) is 5.36. The van der Waals surface area contributed by atoms with E-state index in [1.165, 1.54) is 0 Å². The maximum atomic E-state index is 13.1. The van der Waals surface area contributed by atoms with Gasteiger partial charge in [-0.1, -0.05) is 0 Å². The minimum absolute atomic E-state index is 0.0302. The van der Waals surface area contributed by atoms with Crippen LogP contribution in [0.3, 0.4) is 0 Å². The number of anilines is 2. The molecule has 0 bridgehead atoms. The van der Waals surface area contributed by atoms with Crippen LogP contribution in [0.25, 0.3) is 0 Å². The van der Waals surface area contributed by atoms with Gasteiger partial charge in [0.05, 0.1) is 17.3 Å². The fourth-order valence-electron chi connectivity index (χ4n) is 3.92. The number of nitrogens with zero attached hydrogens (tertiary/aromatic N) is 7. The number of carbonyl (C=O) groups is 1. The summed E-state index contributed by atoms with van der Waals surface area (Å²) in [5.74, 6) is 2.05. The summed E-state index contributed by atoms with van der Waals surface area (Å²) in [7, 11) is 0. The minimum Gasteiger partial charge on any atom is -0.354 e. The van der Waals surface area contributed by atoms with Crippen LogP contribution in [0.1, 0.15) is 24.2 Å². The third-order valence-electron chi connectivity index (χ3n) is 5.58. The van der Waals surface area contributed by atoms with Crippen molar-refractivity contribution in [1.29, 1.82) is 0 Å². The molecule has 0 radical (unpaired) electrons. The molecule has 1 atom stereocenters. The number of hydrogen-bond acceptors (Lipinski definition) is 7. The molecule has 4 rings (SSSR count). The van der Waals surface area contributed by atoms with Gasteiger partial charge in [-0.05, 0) is 51.0 Å². The molecule has 28 heavy (non-hydrogen) atoms. The summed E-state index contributed by atoms with van der Waals surface area (Å²) in [5, 5.41) is 16.8. The Morgan fingerprint density at radius 1 is 0.821 bits per heavy atom. The molecular formula is C20H27N7O. The molecule has 1 amide bonds. The highest BCUT2D eigenvalue weighted by Gasteiger charge is 2.31. The van der Waals surface area contributed by atoms with Gasteiger partial charge >= 0.3 is 0 Å². The van der Waals surface area contributed by atoms with Gasteiger partial charge in [0.15, 0.2) is 11.6 Å². The number of piperidine rings is 1. The summed E-state index contributed by atoms with van der Waals surface area (Å²) in [6, 6.07) is 7.95. The van der Waals surface area contributed by atoms with E-state index in [4.69, 9.17) is 0 Å². The molecule has 2 aromatic rings. The number of rotatable bonds is 3. The fourth-order valence-corrected chi connectivity index (χ4v) is 3.92. The SMILES string of the molecule is Cc1ccc(N2CCN(C(=O)C3CCCN(c4ccc(C)nn4)C3)CC2)nn1. The number of aromatic nitrogens is 4. The Balaban J connectivity index is 1.34. The first-order valence-electron chi connectivity index (χ1n) is 9.99. The van der Waals surface area contributed by atoms with E-state index in [1.54, 1.807) is 0 Å². The van der Waals surface area contributed by atoms with Gasteiger partial charge in [-0.15, -0.1) is 10.2 Å². The second-order valence-corrected chi connectivity index (χ2v) is 7.66. The van der Waals surface area contributed by atoms with Crippen molar-refractivity contribution in [2.24, 2.45) is 5.92 Å². The van der Waals surface area contributed by atoms with E-state index in [-0.39, 0.29) is 11.8 Å². The van der Waals surface area contributed by atoms with Crippen LogP contribution in [-0.4, -0.2) is 70.5 Å². The van der Waals surface area contributed by atoms with Crippen LogP contribution in [0.15, 0.2) is 24.3 Å². The quantitative estimate of drug-likeness (QED) is 0.796. The Morgan fingerprint density at radius 2 is 1.43 bits per heavy atom. The Bertz CT molecular complexity index is 800. The van der Waals surface area contributed by atoms with Crippen LogP contribution in [0.2, 0.25) is 0 Å². The molecule has 0 N–H and O–H groups in total. The zero-order valence-electron chi connectivity index (χ0n) is 16.6. The van der Waals surface area contributed by atoms with E-state index >= 15 is 0 Å². The number of hydrogen-bond donors (Lipinski definition) is 0. The molecule has 2 aliphatic rings. The van der Waals surface area contributed by atoms with E-state index in [1.807, 2.05) is 43.0 Å². The van der Waals surface area contributed by atoms with Crippen LogP contribution in [0.5, 0.6) is 0 Å². The predicted octanol–water partition coefficient (Wildman–Crippen LogP) is 1.45. The average Bonchev–Trinajstić information content (AvgIpc) is 2.74. The highest BCUT2D eigenvalue weighted by molar-refractivity contribution is 5.80. The van der Waals surface area contributed by atoms with Crippen LogP contribution < -0.4 is 9.80 Å². The van der Waals surface area contributed by atoms with E-state index in [0.717, 1.165) is 75.1 Å². The second kappa shape index (κ2) is 8.08. The lowest BCUT2D eigenvalue weighted by atomic mass is 9.96. The van der Waals surface area contributed by atoms with Gasteiger partial charge in [0.2, 0.25) is 5.91 Å². The molecule has 0 spiro atoms. The lowest BCUT2D eigenvalue weighted by Gasteiger charge is -2.39. The first kappa shape index (κ1) is 18.6. The summed E-state index contributed by atoms with van der Waals surface area (Å²) >= 11 is 0. The third kappa shape index (κ3) is 4.05. The largest absolute Gasteiger partial charge is 0.354 e. The number of carbonyl (C=O) groups excluding carboxylic acids is 1. The molecule has 0 aromatic carbocycles. The zero-order valence-corrected chi connectivity index (χ0v) is 16.6. The maximum absolute atomic E-state index is 13.1. The Morgan fingerprint density at radius 3 is 2.00 bits per heavy atom. The van der Waals surface area contributed by atoms with Crippen LogP contribution in [-0.2, 0) is 4.79 Å². The molecule has 8 nitrogen and oxygen atoms in total. The summed E-state index contributed by atoms with van der Waals surface area (Å²) in [4.78, 5) is 19.5. The normalized spacial score (nSPS) is 20.4. The molecule has 0 saturated carbocycles. The molecule has 0 aliphatic carbocycles. The van der Waals surface area contributed by atoms with E-state index in [2.05, 4.69) is 30.2 Å².